The number of hydrogen-bond donors (Lipinski definition) is 1. The summed E-state index contributed by atoms with van der Waals surface area (Å²) in [5, 5.41) is 3.47. The van der Waals surface area contributed by atoms with Crippen molar-refractivity contribution in [1.82, 2.24) is 5.32 Å². The minimum absolute atomic E-state index is 0.722. The van der Waals surface area contributed by atoms with Crippen LogP contribution in [0, 0.1) is 13.8 Å². The number of hydrogen-bond acceptors (Lipinski definition) is 2. The number of aryl methyl sites for hydroxylation is 2. The monoisotopic (exact) mass is 241 g/mol. The fourth-order valence-corrected chi connectivity index (χ4v) is 2.15. The second-order valence-electron chi connectivity index (χ2n) is 5.24. The summed E-state index contributed by atoms with van der Waals surface area (Å²) in [7, 11) is 0. The molecule has 18 heavy (non-hydrogen) atoms. The lowest BCUT2D eigenvalue weighted by atomic mass is 10.0. The Morgan fingerprint density at radius 3 is 2.78 bits per heavy atom. The van der Waals surface area contributed by atoms with Gasteiger partial charge in [0.25, 0.3) is 0 Å². The van der Waals surface area contributed by atoms with Crippen LogP contribution in [0.4, 0.5) is 0 Å². The maximum Gasteiger partial charge on any atom is 0.134 e. The van der Waals surface area contributed by atoms with E-state index in [9.17, 15) is 0 Å². The van der Waals surface area contributed by atoms with Crippen molar-refractivity contribution in [3.63, 3.8) is 0 Å². The van der Waals surface area contributed by atoms with Crippen LogP contribution in [0.25, 0.3) is 11.3 Å². The Morgan fingerprint density at radius 1 is 1.17 bits per heavy atom. The van der Waals surface area contributed by atoms with Crippen molar-refractivity contribution in [2.75, 3.05) is 0 Å². The van der Waals surface area contributed by atoms with E-state index in [1.807, 2.05) is 0 Å². The number of rotatable bonds is 4. The van der Waals surface area contributed by atoms with Gasteiger partial charge in [0, 0.05) is 11.6 Å². The van der Waals surface area contributed by atoms with Crippen molar-refractivity contribution in [3.8, 4) is 11.3 Å². The van der Waals surface area contributed by atoms with E-state index in [0.717, 1.165) is 24.1 Å². The summed E-state index contributed by atoms with van der Waals surface area (Å²) in [4.78, 5) is 0. The maximum atomic E-state index is 5.92. The van der Waals surface area contributed by atoms with Gasteiger partial charge in [-0.1, -0.05) is 17.7 Å². The lowest BCUT2D eigenvalue weighted by molar-refractivity contribution is 0.492. The topological polar surface area (TPSA) is 25.2 Å². The van der Waals surface area contributed by atoms with Crippen LogP contribution in [-0.4, -0.2) is 6.04 Å². The fourth-order valence-electron chi connectivity index (χ4n) is 2.15. The third kappa shape index (κ3) is 2.49. The SMILES string of the molecule is Cc1ccc(C)c(-c2ccc(CNC3CC3)o2)c1. The molecule has 0 radical (unpaired) electrons. The molecule has 1 aromatic carbocycles. The van der Waals surface area contributed by atoms with Gasteiger partial charge in [0.05, 0.1) is 6.54 Å². The lowest BCUT2D eigenvalue weighted by Crippen LogP contribution is -2.14. The van der Waals surface area contributed by atoms with Gasteiger partial charge in [0.2, 0.25) is 0 Å². The Hall–Kier alpha value is -1.54. The Balaban J connectivity index is 1.80. The van der Waals surface area contributed by atoms with Crippen molar-refractivity contribution < 1.29 is 4.42 Å². The fraction of sp³-hybridized carbons (Fsp3) is 0.375. The van der Waals surface area contributed by atoms with Crippen LogP contribution < -0.4 is 5.32 Å². The molecule has 1 aliphatic rings. The first kappa shape index (κ1) is 11.5. The molecule has 0 unspecified atom stereocenters. The highest BCUT2D eigenvalue weighted by Crippen LogP contribution is 2.27. The van der Waals surface area contributed by atoms with E-state index in [2.05, 4.69) is 49.5 Å². The van der Waals surface area contributed by atoms with Gasteiger partial charge >= 0.3 is 0 Å². The summed E-state index contributed by atoms with van der Waals surface area (Å²) in [5.74, 6) is 2.00. The molecule has 2 aromatic rings. The molecule has 0 saturated heterocycles. The standard InChI is InChI=1S/C16H19NO/c1-11-3-4-12(2)15(9-11)16-8-7-14(18-16)10-17-13-5-6-13/h3-4,7-9,13,17H,5-6,10H2,1-2H3. The van der Waals surface area contributed by atoms with E-state index in [-0.39, 0.29) is 0 Å². The molecule has 0 bridgehead atoms. The molecule has 1 aromatic heterocycles. The Labute approximate surface area is 108 Å². The van der Waals surface area contributed by atoms with Crippen LogP contribution in [0.3, 0.4) is 0 Å². The van der Waals surface area contributed by atoms with Gasteiger partial charge in [0.1, 0.15) is 11.5 Å². The summed E-state index contributed by atoms with van der Waals surface area (Å²) < 4.78 is 5.92. The summed E-state index contributed by atoms with van der Waals surface area (Å²) >= 11 is 0. The van der Waals surface area contributed by atoms with Crippen molar-refractivity contribution in [2.24, 2.45) is 0 Å². The van der Waals surface area contributed by atoms with Gasteiger partial charge in [-0.05, 0) is 50.5 Å². The molecule has 0 spiro atoms. The zero-order valence-electron chi connectivity index (χ0n) is 11.0. The van der Waals surface area contributed by atoms with Crippen LogP contribution in [0.2, 0.25) is 0 Å². The highest BCUT2D eigenvalue weighted by molar-refractivity contribution is 5.63. The van der Waals surface area contributed by atoms with Crippen molar-refractivity contribution in [1.29, 1.82) is 0 Å². The van der Waals surface area contributed by atoms with E-state index in [4.69, 9.17) is 4.42 Å². The largest absolute Gasteiger partial charge is 0.460 e. The van der Waals surface area contributed by atoms with Gasteiger partial charge < -0.3 is 9.73 Å². The smallest absolute Gasteiger partial charge is 0.134 e. The third-order valence-electron chi connectivity index (χ3n) is 3.46. The molecule has 1 aliphatic carbocycles. The van der Waals surface area contributed by atoms with Gasteiger partial charge in [-0.2, -0.15) is 0 Å². The molecular formula is C16H19NO. The molecule has 1 N–H and O–H groups in total. The van der Waals surface area contributed by atoms with E-state index >= 15 is 0 Å². The summed E-state index contributed by atoms with van der Waals surface area (Å²) in [6.45, 7) is 5.08. The number of nitrogens with one attached hydrogen (secondary N) is 1. The Kier molecular flexibility index (Phi) is 2.96. The molecular weight excluding hydrogens is 222 g/mol. The summed E-state index contributed by atoms with van der Waals surface area (Å²) in [6.07, 6.45) is 2.62. The molecule has 2 heteroatoms. The van der Waals surface area contributed by atoms with E-state index < -0.39 is 0 Å². The zero-order valence-corrected chi connectivity index (χ0v) is 11.0. The minimum Gasteiger partial charge on any atom is -0.460 e. The van der Waals surface area contributed by atoms with Crippen molar-refractivity contribution >= 4 is 0 Å². The van der Waals surface area contributed by atoms with Crippen LogP contribution in [-0.2, 0) is 6.54 Å². The van der Waals surface area contributed by atoms with Crippen LogP contribution >= 0.6 is 0 Å². The van der Waals surface area contributed by atoms with E-state index in [1.165, 1.54) is 29.5 Å². The minimum atomic E-state index is 0.722. The second kappa shape index (κ2) is 4.62. The molecule has 0 amide bonds. The van der Waals surface area contributed by atoms with Crippen LogP contribution in [0.15, 0.2) is 34.7 Å². The van der Waals surface area contributed by atoms with Gasteiger partial charge in [0.15, 0.2) is 0 Å². The lowest BCUT2D eigenvalue weighted by Gasteiger charge is -2.04. The molecule has 3 rings (SSSR count). The van der Waals surface area contributed by atoms with Crippen LogP contribution in [0.1, 0.15) is 29.7 Å². The van der Waals surface area contributed by atoms with E-state index in [0.29, 0.717) is 0 Å². The predicted molar refractivity (Wildman–Crippen MR) is 73.5 cm³/mol. The second-order valence-corrected chi connectivity index (χ2v) is 5.24. The third-order valence-corrected chi connectivity index (χ3v) is 3.46. The molecule has 1 fully saturated rings. The first-order valence-corrected chi connectivity index (χ1v) is 6.62. The number of furan rings is 1. The van der Waals surface area contributed by atoms with Crippen LogP contribution in [0.5, 0.6) is 0 Å². The predicted octanol–water partition coefficient (Wildman–Crippen LogP) is 3.82. The van der Waals surface area contributed by atoms with Gasteiger partial charge in [-0.25, -0.2) is 0 Å². The number of benzene rings is 1. The quantitative estimate of drug-likeness (QED) is 0.880. The molecule has 0 atom stereocenters. The van der Waals surface area contributed by atoms with Crippen molar-refractivity contribution in [2.45, 2.75) is 39.3 Å². The van der Waals surface area contributed by atoms with E-state index in [1.54, 1.807) is 0 Å². The first-order chi connectivity index (χ1) is 8.72. The molecule has 1 heterocycles. The maximum absolute atomic E-state index is 5.92. The average molecular weight is 241 g/mol. The summed E-state index contributed by atoms with van der Waals surface area (Å²) in [5.41, 5.74) is 3.73. The molecule has 2 nitrogen and oxygen atoms in total. The normalized spacial score (nSPS) is 15.0. The molecule has 94 valence electrons. The highest BCUT2D eigenvalue weighted by Gasteiger charge is 2.20. The highest BCUT2D eigenvalue weighted by atomic mass is 16.3. The Bertz CT molecular complexity index is 552. The van der Waals surface area contributed by atoms with Crippen molar-refractivity contribution in [3.05, 3.63) is 47.2 Å². The summed E-state index contributed by atoms with van der Waals surface area (Å²) in [6, 6.07) is 11.3. The van der Waals surface area contributed by atoms with Gasteiger partial charge in [-0.15, -0.1) is 0 Å². The average Bonchev–Trinajstić information content (AvgIpc) is 3.08. The zero-order chi connectivity index (χ0) is 12.5. The Morgan fingerprint density at radius 2 is 2.00 bits per heavy atom. The molecule has 0 aliphatic heterocycles. The van der Waals surface area contributed by atoms with Gasteiger partial charge in [-0.3, -0.25) is 0 Å². The molecule has 1 saturated carbocycles. The first-order valence-electron chi connectivity index (χ1n) is 6.62.